The SMILES string of the molecule is C[C@@H]1CN=C2CCCC[C@]2(C)C1. The average molecular weight is 165 g/mol. The van der Waals surface area contributed by atoms with E-state index in [-0.39, 0.29) is 0 Å². The van der Waals surface area contributed by atoms with Crippen LogP contribution in [0.2, 0.25) is 0 Å². The van der Waals surface area contributed by atoms with Crippen LogP contribution < -0.4 is 0 Å². The summed E-state index contributed by atoms with van der Waals surface area (Å²) in [6.45, 7) is 5.84. The highest BCUT2D eigenvalue weighted by Crippen LogP contribution is 2.41. The van der Waals surface area contributed by atoms with Crippen LogP contribution in [0.1, 0.15) is 46.0 Å². The molecule has 0 radical (unpaired) electrons. The number of hydrogen-bond donors (Lipinski definition) is 0. The second-order valence-corrected chi connectivity index (χ2v) is 4.86. The molecule has 1 heteroatoms. The van der Waals surface area contributed by atoms with Gasteiger partial charge in [-0.2, -0.15) is 0 Å². The number of aliphatic imine (C=N–C) groups is 1. The summed E-state index contributed by atoms with van der Waals surface area (Å²) in [5, 5.41) is 0. The Labute approximate surface area is 75.3 Å². The van der Waals surface area contributed by atoms with E-state index in [9.17, 15) is 0 Å². The second kappa shape index (κ2) is 2.86. The van der Waals surface area contributed by atoms with E-state index in [1.54, 1.807) is 0 Å². The molecule has 0 amide bonds. The molecule has 0 N–H and O–H groups in total. The van der Waals surface area contributed by atoms with Crippen LogP contribution in [0, 0.1) is 11.3 Å². The summed E-state index contributed by atoms with van der Waals surface area (Å²) in [4.78, 5) is 4.72. The normalized spacial score (nSPS) is 41.8. The fourth-order valence-electron chi connectivity index (χ4n) is 2.84. The highest BCUT2D eigenvalue weighted by Gasteiger charge is 2.36. The Balaban J connectivity index is 2.21. The van der Waals surface area contributed by atoms with E-state index >= 15 is 0 Å². The van der Waals surface area contributed by atoms with Crippen LogP contribution in [0.3, 0.4) is 0 Å². The van der Waals surface area contributed by atoms with E-state index < -0.39 is 0 Å². The quantitative estimate of drug-likeness (QED) is 0.523. The van der Waals surface area contributed by atoms with Gasteiger partial charge in [0.25, 0.3) is 0 Å². The van der Waals surface area contributed by atoms with Gasteiger partial charge in [-0.3, -0.25) is 4.99 Å². The maximum atomic E-state index is 4.72. The van der Waals surface area contributed by atoms with E-state index in [0.29, 0.717) is 5.41 Å². The molecule has 12 heavy (non-hydrogen) atoms. The van der Waals surface area contributed by atoms with Crippen molar-refractivity contribution in [2.24, 2.45) is 16.3 Å². The number of nitrogens with zero attached hydrogens (tertiary/aromatic N) is 1. The predicted octanol–water partition coefficient (Wildman–Crippen LogP) is 3.05. The van der Waals surface area contributed by atoms with Crippen LogP contribution in [-0.2, 0) is 0 Å². The highest BCUT2D eigenvalue weighted by molar-refractivity contribution is 5.91. The smallest absolute Gasteiger partial charge is 0.0414 e. The van der Waals surface area contributed by atoms with E-state index in [1.807, 2.05) is 0 Å². The number of hydrogen-bond acceptors (Lipinski definition) is 1. The van der Waals surface area contributed by atoms with Crippen LogP contribution in [-0.4, -0.2) is 12.3 Å². The minimum absolute atomic E-state index is 0.496. The largest absolute Gasteiger partial charge is 0.293 e. The van der Waals surface area contributed by atoms with Crippen molar-refractivity contribution in [1.82, 2.24) is 0 Å². The Hall–Kier alpha value is -0.330. The van der Waals surface area contributed by atoms with Gasteiger partial charge in [0.2, 0.25) is 0 Å². The summed E-state index contributed by atoms with van der Waals surface area (Å²) in [5.74, 6) is 0.817. The topological polar surface area (TPSA) is 12.4 Å². The van der Waals surface area contributed by atoms with Crippen molar-refractivity contribution in [2.75, 3.05) is 6.54 Å². The lowest BCUT2D eigenvalue weighted by Crippen LogP contribution is -2.37. The third-order valence-electron chi connectivity index (χ3n) is 3.48. The van der Waals surface area contributed by atoms with Crippen LogP contribution in [0.15, 0.2) is 4.99 Å². The number of rotatable bonds is 0. The molecule has 0 aromatic heterocycles. The molecule has 0 bridgehead atoms. The first-order valence-electron chi connectivity index (χ1n) is 5.24. The monoisotopic (exact) mass is 165 g/mol. The van der Waals surface area contributed by atoms with E-state index in [2.05, 4.69) is 13.8 Å². The fourth-order valence-corrected chi connectivity index (χ4v) is 2.84. The Bertz CT molecular complexity index is 207. The summed E-state index contributed by atoms with van der Waals surface area (Å²) in [6.07, 6.45) is 6.84. The van der Waals surface area contributed by atoms with Gasteiger partial charge in [-0.1, -0.05) is 20.3 Å². The minimum atomic E-state index is 0.496. The zero-order chi connectivity index (χ0) is 8.60. The maximum Gasteiger partial charge on any atom is 0.0414 e. The predicted molar refractivity (Wildman–Crippen MR) is 52.7 cm³/mol. The van der Waals surface area contributed by atoms with Gasteiger partial charge in [0.15, 0.2) is 0 Å². The maximum absolute atomic E-state index is 4.72. The summed E-state index contributed by atoms with van der Waals surface area (Å²) >= 11 is 0. The molecule has 2 atom stereocenters. The van der Waals surface area contributed by atoms with Crippen molar-refractivity contribution in [3.8, 4) is 0 Å². The van der Waals surface area contributed by atoms with Crippen molar-refractivity contribution < 1.29 is 0 Å². The van der Waals surface area contributed by atoms with Crippen molar-refractivity contribution in [1.29, 1.82) is 0 Å². The molecule has 1 heterocycles. The first-order chi connectivity index (χ1) is 5.71. The molecule has 2 rings (SSSR count). The van der Waals surface area contributed by atoms with Gasteiger partial charge in [-0.05, 0) is 31.6 Å². The first-order valence-corrected chi connectivity index (χ1v) is 5.24. The molecule has 2 aliphatic rings. The summed E-state index contributed by atoms with van der Waals surface area (Å²) in [6, 6.07) is 0. The molecule has 0 aromatic rings. The van der Waals surface area contributed by atoms with Gasteiger partial charge in [-0.25, -0.2) is 0 Å². The van der Waals surface area contributed by atoms with Gasteiger partial charge in [0.05, 0.1) is 0 Å². The van der Waals surface area contributed by atoms with Gasteiger partial charge < -0.3 is 0 Å². The minimum Gasteiger partial charge on any atom is -0.293 e. The van der Waals surface area contributed by atoms with E-state index in [0.717, 1.165) is 12.5 Å². The standard InChI is InChI=1S/C11H19N/c1-9-7-11(2)6-4-3-5-10(11)12-8-9/h9H,3-8H2,1-2H3/t9-,11+/m0/s1. The molecule has 0 aromatic carbocycles. The zero-order valence-electron chi connectivity index (χ0n) is 8.27. The highest BCUT2D eigenvalue weighted by atomic mass is 14.8. The van der Waals surface area contributed by atoms with Gasteiger partial charge in [0, 0.05) is 17.7 Å². The summed E-state index contributed by atoms with van der Waals surface area (Å²) < 4.78 is 0. The lowest BCUT2D eigenvalue weighted by molar-refractivity contribution is 0.279. The van der Waals surface area contributed by atoms with Gasteiger partial charge >= 0.3 is 0 Å². The molecule has 0 spiro atoms. The van der Waals surface area contributed by atoms with Crippen LogP contribution in [0.5, 0.6) is 0 Å². The molecule has 1 fully saturated rings. The molecule has 68 valence electrons. The van der Waals surface area contributed by atoms with E-state index in [4.69, 9.17) is 4.99 Å². The first kappa shape index (κ1) is 8.28. The van der Waals surface area contributed by atoms with E-state index in [1.165, 1.54) is 37.8 Å². The average Bonchev–Trinajstić information content (AvgIpc) is 2.02. The lowest BCUT2D eigenvalue weighted by atomic mass is 9.68. The molecule has 1 saturated carbocycles. The second-order valence-electron chi connectivity index (χ2n) is 4.86. The van der Waals surface area contributed by atoms with Gasteiger partial charge in [0.1, 0.15) is 0 Å². The van der Waals surface area contributed by atoms with Crippen molar-refractivity contribution in [3.63, 3.8) is 0 Å². The molecule has 1 aliphatic heterocycles. The van der Waals surface area contributed by atoms with Gasteiger partial charge in [-0.15, -0.1) is 0 Å². The molecule has 0 saturated heterocycles. The Morgan fingerprint density at radius 2 is 2.25 bits per heavy atom. The van der Waals surface area contributed by atoms with Crippen LogP contribution in [0.4, 0.5) is 0 Å². The van der Waals surface area contributed by atoms with Crippen LogP contribution in [0.25, 0.3) is 0 Å². The Morgan fingerprint density at radius 3 is 3.08 bits per heavy atom. The molecular formula is C11H19N. The van der Waals surface area contributed by atoms with Crippen molar-refractivity contribution >= 4 is 5.71 Å². The third kappa shape index (κ3) is 1.30. The zero-order valence-corrected chi connectivity index (χ0v) is 8.27. The van der Waals surface area contributed by atoms with Crippen molar-refractivity contribution in [3.05, 3.63) is 0 Å². The number of fused-ring (bicyclic) bond motifs is 1. The van der Waals surface area contributed by atoms with Crippen molar-refractivity contribution in [2.45, 2.75) is 46.0 Å². The molecule has 1 aliphatic carbocycles. The fraction of sp³-hybridized carbons (Fsp3) is 0.909. The van der Waals surface area contributed by atoms with Crippen LogP contribution >= 0.6 is 0 Å². The Morgan fingerprint density at radius 1 is 1.42 bits per heavy atom. The Kier molecular flexibility index (Phi) is 1.97. The summed E-state index contributed by atoms with van der Waals surface area (Å²) in [7, 11) is 0. The lowest BCUT2D eigenvalue weighted by Gasteiger charge is -2.40. The molecular weight excluding hydrogens is 146 g/mol. The molecule has 1 nitrogen and oxygen atoms in total. The molecule has 0 unspecified atom stereocenters. The summed E-state index contributed by atoms with van der Waals surface area (Å²) in [5.41, 5.74) is 2.03. The third-order valence-corrected chi connectivity index (χ3v) is 3.48.